The lowest BCUT2D eigenvalue weighted by atomic mass is 10.1. The molecule has 2 nitrogen and oxygen atoms in total. The highest BCUT2D eigenvalue weighted by atomic mass is 16.3. The first-order valence-electron chi connectivity index (χ1n) is 4.88. The Kier molecular flexibility index (Phi) is 2.63. The molecule has 1 aromatic carbocycles. The summed E-state index contributed by atoms with van der Waals surface area (Å²) >= 11 is 0. The van der Waals surface area contributed by atoms with Crippen LogP contribution in [0.5, 0.6) is 0 Å². The van der Waals surface area contributed by atoms with Gasteiger partial charge in [-0.2, -0.15) is 0 Å². The second kappa shape index (κ2) is 4.09. The molecule has 1 aromatic heterocycles. The van der Waals surface area contributed by atoms with Crippen LogP contribution < -0.4 is 0 Å². The van der Waals surface area contributed by atoms with Gasteiger partial charge < -0.3 is 4.42 Å². The molecule has 0 atom stereocenters. The first-order chi connectivity index (χ1) is 6.90. The summed E-state index contributed by atoms with van der Waals surface area (Å²) < 4.78 is 5.21. The molecule has 72 valence electrons. The molecule has 0 aliphatic rings. The molecule has 0 saturated heterocycles. The van der Waals surface area contributed by atoms with Crippen molar-refractivity contribution in [3.05, 3.63) is 42.4 Å². The minimum Gasteiger partial charge on any atom is -0.444 e. The van der Waals surface area contributed by atoms with E-state index in [2.05, 4.69) is 36.2 Å². The summed E-state index contributed by atoms with van der Waals surface area (Å²) in [5, 5.41) is 0. The third-order valence-electron chi connectivity index (χ3n) is 2.21. The molecule has 0 saturated carbocycles. The van der Waals surface area contributed by atoms with Gasteiger partial charge in [0.25, 0.3) is 0 Å². The maximum absolute atomic E-state index is 5.21. The predicted octanol–water partition coefficient (Wildman–Crippen LogP) is 3.29. The lowest BCUT2D eigenvalue weighted by Gasteiger charge is -1.99. The Morgan fingerprint density at radius 1 is 1.21 bits per heavy atom. The second-order valence-corrected chi connectivity index (χ2v) is 3.31. The van der Waals surface area contributed by atoms with Crippen LogP contribution in [0.25, 0.3) is 11.3 Å². The van der Waals surface area contributed by atoms with Crippen molar-refractivity contribution in [3.63, 3.8) is 0 Å². The second-order valence-electron chi connectivity index (χ2n) is 3.31. The van der Waals surface area contributed by atoms with Gasteiger partial charge in [-0.1, -0.05) is 37.6 Å². The number of benzene rings is 1. The summed E-state index contributed by atoms with van der Waals surface area (Å²) in [6.07, 6.45) is 5.50. The van der Waals surface area contributed by atoms with Crippen molar-refractivity contribution in [2.75, 3.05) is 0 Å². The third kappa shape index (κ3) is 1.84. The van der Waals surface area contributed by atoms with Gasteiger partial charge in [-0.3, -0.25) is 0 Å². The molecule has 0 bridgehead atoms. The summed E-state index contributed by atoms with van der Waals surface area (Å²) in [6, 6.07) is 8.43. The van der Waals surface area contributed by atoms with Gasteiger partial charge in [-0.15, -0.1) is 0 Å². The van der Waals surface area contributed by atoms with Crippen LogP contribution in [-0.2, 0) is 6.42 Å². The monoisotopic (exact) mass is 187 g/mol. The largest absolute Gasteiger partial charge is 0.444 e. The summed E-state index contributed by atoms with van der Waals surface area (Å²) in [7, 11) is 0. The molecule has 0 fully saturated rings. The van der Waals surface area contributed by atoms with Gasteiger partial charge in [0, 0.05) is 5.56 Å². The SMILES string of the molecule is CCCc1ccc(-c2cnco2)cc1. The first kappa shape index (κ1) is 9.00. The Bertz CT molecular complexity index is 375. The molecular formula is C12H13NO. The van der Waals surface area contributed by atoms with Crippen molar-refractivity contribution < 1.29 is 4.42 Å². The summed E-state index contributed by atoms with van der Waals surface area (Å²) in [4.78, 5) is 3.89. The Morgan fingerprint density at radius 2 is 2.00 bits per heavy atom. The minimum absolute atomic E-state index is 0.827. The molecule has 0 spiro atoms. The van der Waals surface area contributed by atoms with E-state index in [4.69, 9.17) is 4.42 Å². The quantitative estimate of drug-likeness (QED) is 0.736. The number of nitrogens with zero attached hydrogens (tertiary/aromatic N) is 1. The Labute approximate surface area is 83.6 Å². The fraction of sp³-hybridized carbons (Fsp3) is 0.250. The Morgan fingerprint density at radius 3 is 2.57 bits per heavy atom. The zero-order valence-electron chi connectivity index (χ0n) is 8.23. The average Bonchev–Trinajstić information content (AvgIpc) is 2.72. The van der Waals surface area contributed by atoms with Crippen LogP contribution in [0.2, 0.25) is 0 Å². The van der Waals surface area contributed by atoms with Gasteiger partial charge in [0.2, 0.25) is 0 Å². The number of hydrogen-bond acceptors (Lipinski definition) is 2. The maximum Gasteiger partial charge on any atom is 0.181 e. The van der Waals surface area contributed by atoms with Gasteiger partial charge in [0.1, 0.15) is 0 Å². The zero-order chi connectivity index (χ0) is 9.80. The fourth-order valence-corrected chi connectivity index (χ4v) is 1.48. The molecule has 1 heterocycles. The van der Waals surface area contributed by atoms with Crippen LogP contribution in [0.15, 0.2) is 41.3 Å². The van der Waals surface area contributed by atoms with Crippen LogP contribution in [0.1, 0.15) is 18.9 Å². The normalized spacial score (nSPS) is 10.4. The molecular weight excluding hydrogens is 174 g/mol. The molecule has 14 heavy (non-hydrogen) atoms. The number of rotatable bonds is 3. The van der Waals surface area contributed by atoms with E-state index < -0.39 is 0 Å². The Balaban J connectivity index is 2.22. The summed E-state index contributed by atoms with van der Waals surface area (Å²) in [5.74, 6) is 0.827. The van der Waals surface area contributed by atoms with Crippen LogP contribution in [0.3, 0.4) is 0 Å². The molecule has 0 unspecified atom stereocenters. The van der Waals surface area contributed by atoms with Gasteiger partial charge in [0.15, 0.2) is 12.2 Å². The smallest absolute Gasteiger partial charge is 0.181 e. The summed E-state index contributed by atoms with van der Waals surface area (Å²) in [6.45, 7) is 2.18. The van der Waals surface area contributed by atoms with Crippen molar-refractivity contribution in [1.82, 2.24) is 4.98 Å². The molecule has 0 N–H and O–H groups in total. The van der Waals surface area contributed by atoms with Crippen molar-refractivity contribution in [2.45, 2.75) is 19.8 Å². The standard InChI is InChI=1S/C12H13NO/c1-2-3-10-4-6-11(7-5-10)12-8-13-9-14-12/h4-9H,2-3H2,1H3. The van der Waals surface area contributed by atoms with E-state index in [0.717, 1.165) is 17.7 Å². The van der Waals surface area contributed by atoms with E-state index in [9.17, 15) is 0 Å². The van der Waals surface area contributed by atoms with Crippen LogP contribution >= 0.6 is 0 Å². The summed E-state index contributed by atoms with van der Waals surface area (Å²) in [5.41, 5.74) is 2.46. The zero-order valence-corrected chi connectivity index (χ0v) is 8.23. The molecule has 0 amide bonds. The van der Waals surface area contributed by atoms with Crippen molar-refractivity contribution >= 4 is 0 Å². The maximum atomic E-state index is 5.21. The number of aryl methyl sites for hydroxylation is 1. The minimum atomic E-state index is 0.827. The van der Waals surface area contributed by atoms with Crippen molar-refractivity contribution in [1.29, 1.82) is 0 Å². The van der Waals surface area contributed by atoms with Crippen molar-refractivity contribution in [3.8, 4) is 11.3 Å². The van der Waals surface area contributed by atoms with Gasteiger partial charge in [-0.25, -0.2) is 4.98 Å². The third-order valence-corrected chi connectivity index (χ3v) is 2.21. The van der Waals surface area contributed by atoms with Gasteiger partial charge in [-0.05, 0) is 12.0 Å². The highest BCUT2D eigenvalue weighted by Crippen LogP contribution is 2.19. The lowest BCUT2D eigenvalue weighted by Crippen LogP contribution is -1.82. The molecule has 0 aliphatic heterocycles. The van der Waals surface area contributed by atoms with E-state index in [0.29, 0.717) is 0 Å². The van der Waals surface area contributed by atoms with Crippen LogP contribution in [-0.4, -0.2) is 4.98 Å². The lowest BCUT2D eigenvalue weighted by molar-refractivity contribution is 0.572. The van der Waals surface area contributed by atoms with E-state index in [1.165, 1.54) is 18.4 Å². The average molecular weight is 187 g/mol. The topological polar surface area (TPSA) is 26.0 Å². The van der Waals surface area contributed by atoms with Crippen molar-refractivity contribution in [2.24, 2.45) is 0 Å². The van der Waals surface area contributed by atoms with Gasteiger partial charge in [0.05, 0.1) is 6.20 Å². The highest BCUT2D eigenvalue weighted by molar-refractivity contribution is 5.56. The molecule has 0 aliphatic carbocycles. The Hall–Kier alpha value is -1.57. The van der Waals surface area contributed by atoms with E-state index >= 15 is 0 Å². The molecule has 2 aromatic rings. The number of oxazole rings is 1. The molecule has 2 rings (SSSR count). The molecule has 2 heteroatoms. The predicted molar refractivity (Wildman–Crippen MR) is 55.9 cm³/mol. The van der Waals surface area contributed by atoms with E-state index in [-0.39, 0.29) is 0 Å². The fourth-order valence-electron chi connectivity index (χ4n) is 1.48. The van der Waals surface area contributed by atoms with Gasteiger partial charge >= 0.3 is 0 Å². The number of hydrogen-bond donors (Lipinski definition) is 0. The first-order valence-corrected chi connectivity index (χ1v) is 4.88. The van der Waals surface area contributed by atoms with Crippen LogP contribution in [0.4, 0.5) is 0 Å². The molecule has 0 radical (unpaired) electrons. The highest BCUT2D eigenvalue weighted by Gasteiger charge is 2.00. The number of aromatic nitrogens is 1. The van der Waals surface area contributed by atoms with Crippen LogP contribution in [0, 0.1) is 0 Å². The van der Waals surface area contributed by atoms with E-state index in [1.54, 1.807) is 6.20 Å². The van der Waals surface area contributed by atoms with E-state index in [1.807, 2.05) is 0 Å².